The summed E-state index contributed by atoms with van der Waals surface area (Å²) in [6.07, 6.45) is 3.08. The summed E-state index contributed by atoms with van der Waals surface area (Å²) in [5.41, 5.74) is -0.0196. The number of aliphatic carboxylic acids is 1. The number of amides is 1. The van der Waals surface area contributed by atoms with E-state index in [1.165, 1.54) is 23.2 Å². The second-order valence-electron chi connectivity index (χ2n) is 5.07. The van der Waals surface area contributed by atoms with Crippen molar-refractivity contribution in [2.24, 2.45) is 11.8 Å². The van der Waals surface area contributed by atoms with E-state index in [1.54, 1.807) is 0 Å². The van der Waals surface area contributed by atoms with Gasteiger partial charge in [0.2, 0.25) is 0 Å². The molecule has 1 amide bonds. The Morgan fingerprint density at radius 3 is 2.80 bits per heavy atom. The molecule has 1 aliphatic heterocycles. The summed E-state index contributed by atoms with van der Waals surface area (Å²) in [6, 6.07) is 2.94. The van der Waals surface area contributed by atoms with Gasteiger partial charge in [0.1, 0.15) is 5.75 Å². The molecule has 2 N–H and O–H groups in total. The summed E-state index contributed by atoms with van der Waals surface area (Å²) in [5, 5.41) is 18.9. The van der Waals surface area contributed by atoms with Crippen molar-refractivity contribution in [3.05, 3.63) is 24.0 Å². The molecule has 0 radical (unpaired) electrons. The van der Waals surface area contributed by atoms with Gasteiger partial charge in [0, 0.05) is 19.3 Å². The molecule has 0 spiro atoms. The Labute approximate surface area is 117 Å². The topological polar surface area (TPSA) is 90.7 Å². The number of aromatic nitrogens is 1. The molecule has 0 aliphatic carbocycles. The Hall–Kier alpha value is -2.11. The molecule has 6 heteroatoms. The van der Waals surface area contributed by atoms with E-state index in [0.29, 0.717) is 6.54 Å². The second-order valence-corrected chi connectivity index (χ2v) is 5.07. The number of rotatable bonds is 4. The molecule has 1 aromatic rings. The molecule has 0 aromatic carbocycles. The van der Waals surface area contributed by atoms with Gasteiger partial charge in [-0.25, -0.2) is 4.98 Å². The van der Waals surface area contributed by atoms with Crippen molar-refractivity contribution >= 4 is 11.9 Å². The molecule has 6 nitrogen and oxygen atoms in total. The molecule has 1 aromatic heterocycles. The maximum Gasteiger partial charge on any atom is 0.308 e. The number of hydrogen-bond acceptors (Lipinski definition) is 4. The Kier molecular flexibility index (Phi) is 4.22. The largest absolute Gasteiger partial charge is 0.505 e. The summed E-state index contributed by atoms with van der Waals surface area (Å²) in [7, 11) is 0. The van der Waals surface area contributed by atoms with Gasteiger partial charge in [0.15, 0.2) is 5.69 Å². The predicted molar refractivity (Wildman–Crippen MR) is 71.3 cm³/mol. The lowest BCUT2D eigenvalue weighted by molar-refractivity contribution is -0.142. The first-order valence-corrected chi connectivity index (χ1v) is 6.70. The fourth-order valence-electron chi connectivity index (χ4n) is 2.69. The Morgan fingerprint density at radius 2 is 2.20 bits per heavy atom. The smallest absolute Gasteiger partial charge is 0.308 e. The van der Waals surface area contributed by atoms with Gasteiger partial charge in [-0.2, -0.15) is 0 Å². The van der Waals surface area contributed by atoms with E-state index in [0.717, 1.165) is 12.8 Å². The molecule has 108 valence electrons. The van der Waals surface area contributed by atoms with E-state index in [1.807, 2.05) is 6.92 Å². The molecule has 1 fully saturated rings. The zero-order chi connectivity index (χ0) is 14.7. The highest BCUT2D eigenvalue weighted by atomic mass is 16.4. The van der Waals surface area contributed by atoms with Crippen LogP contribution in [0.25, 0.3) is 0 Å². The summed E-state index contributed by atoms with van der Waals surface area (Å²) in [4.78, 5) is 28.9. The fraction of sp³-hybridized carbons (Fsp3) is 0.500. The van der Waals surface area contributed by atoms with Crippen LogP contribution in [-0.4, -0.2) is 45.1 Å². The SMILES string of the molecule is CCC[C@@H]1CN(C(=O)c2ncccc2O)C[C@H]1C(=O)O. The number of likely N-dealkylation sites (tertiary alicyclic amines) is 1. The number of carboxylic acids is 1. The van der Waals surface area contributed by atoms with Gasteiger partial charge in [0.25, 0.3) is 5.91 Å². The lowest BCUT2D eigenvalue weighted by Gasteiger charge is -2.16. The van der Waals surface area contributed by atoms with Crippen LogP contribution in [0, 0.1) is 11.8 Å². The molecule has 2 heterocycles. The molecule has 1 saturated heterocycles. The normalized spacial score (nSPS) is 21.9. The Balaban J connectivity index is 2.16. The number of aromatic hydroxyl groups is 1. The fourth-order valence-corrected chi connectivity index (χ4v) is 2.69. The molecule has 2 rings (SSSR count). The van der Waals surface area contributed by atoms with E-state index < -0.39 is 17.8 Å². The Morgan fingerprint density at radius 1 is 1.45 bits per heavy atom. The van der Waals surface area contributed by atoms with E-state index in [-0.39, 0.29) is 23.9 Å². The van der Waals surface area contributed by atoms with Crippen LogP contribution >= 0.6 is 0 Å². The van der Waals surface area contributed by atoms with Crippen LogP contribution < -0.4 is 0 Å². The first kappa shape index (κ1) is 14.3. The van der Waals surface area contributed by atoms with Crippen molar-refractivity contribution in [2.75, 3.05) is 13.1 Å². The number of pyridine rings is 1. The highest BCUT2D eigenvalue weighted by molar-refractivity contribution is 5.95. The third-order valence-electron chi connectivity index (χ3n) is 3.69. The molecule has 20 heavy (non-hydrogen) atoms. The summed E-state index contributed by atoms with van der Waals surface area (Å²) >= 11 is 0. The van der Waals surface area contributed by atoms with Crippen LogP contribution in [0.5, 0.6) is 5.75 Å². The first-order chi connectivity index (χ1) is 9.54. The lowest BCUT2D eigenvalue weighted by Crippen LogP contribution is -2.30. The van der Waals surface area contributed by atoms with Crippen LogP contribution in [-0.2, 0) is 4.79 Å². The van der Waals surface area contributed by atoms with Crippen molar-refractivity contribution in [2.45, 2.75) is 19.8 Å². The van der Waals surface area contributed by atoms with Crippen molar-refractivity contribution in [3.8, 4) is 5.75 Å². The summed E-state index contributed by atoms with van der Waals surface area (Å²) < 4.78 is 0. The Bertz CT molecular complexity index is 518. The van der Waals surface area contributed by atoms with Crippen molar-refractivity contribution < 1.29 is 19.8 Å². The molecule has 2 atom stereocenters. The maximum absolute atomic E-state index is 12.3. The third-order valence-corrected chi connectivity index (χ3v) is 3.69. The number of nitrogens with zero attached hydrogens (tertiary/aromatic N) is 2. The number of carbonyl (C=O) groups excluding carboxylic acids is 1. The van der Waals surface area contributed by atoms with Crippen molar-refractivity contribution in [3.63, 3.8) is 0 Å². The minimum atomic E-state index is -0.871. The standard InChI is InChI=1S/C14H18N2O4/c1-2-4-9-7-16(8-10(9)14(19)20)13(18)12-11(17)5-3-6-15-12/h3,5-6,9-10,17H,2,4,7-8H2,1H3,(H,19,20)/t9-,10-/m1/s1. The van der Waals surface area contributed by atoms with Gasteiger partial charge >= 0.3 is 5.97 Å². The summed E-state index contributed by atoms with van der Waals surface area (Å²) in [6.45, 7) is 2.57. The molecule has 0 saturated carbocycles. The van der Waals surface area contributed by atoms with E-state index >= 15 is 0 Å². The van der Waals surface area contributed by atoms with Crippen molar-refractivity contribution in [1.82, 2.24) is 9.88 Å². The third kappa shape index (κ3) is 2.74. The average molecular weight is 278 g/mol. The van der Waals surface area contributed by atoms with Gasteiger partial charge in [-0.05, 0) is 24.5 Å². The first-order valence-electron chi connectivity index (χ1n) is 6.70. The quantitative estimate of drug-likeness (QED) is 0.867. The number of hydrogen-bond donors (Lipinski definition) is 2. The highest BCUT2D eigenvalue weighted by Crippen LogP contribution is 2.29. The number of carbonyl (C=O) groups is 2. The lowest BCUT2D eigenvalue weighted by atomic mass is 9.92. The predicted octanol–water partition coefficient (Wildman–Crippen LogP) is 1.36. The van der Waals surface area contributed by atoms with Gasteiger partial charge in [-0.1, -0.05) is 13.3 Å². The van der Waals surface area contributed by atoms with Crippen LogP contribution in [0.2, 0.25) is 0 Å². The highest BCUT2D eigenvalue weighted by Gasteiger charge is 2.39. The summed E-state index contributed by atoms with van der Waals surface area (Å²) in [5.74, 6) is -2.03. The van der Waals surface area contributed by atoms with E-state index in [9.17, 15) is 19.8 Å². The number of carboxylic acid groups (broad SMARTS) is 1. The van der Waals surface area contributed by atoms with Crippen LogP contribution in [0.4, 0.5) is 0 Å². The molecule has 0 bridgehead atoms. The van der Waals surface area contributed by atoms with Gasteiger partial charge in [0.05, 0.1) is 5.92 Å². The van der Waals surface area contributed by atoms with Crippen LogP contribution in [0.3, 0.4) is 0 Å². The molecular formula is C14H18N2O4. The van der Waals surface area contributed by atoms with Crippen LogP contribution in [0.15, 0.2) is 18.3 Å². The minimum Gasteiger partial charge on any atom is -0.505 e. The van der Waals surface area contributed by atoms with E-state index in [2.05, 4.69) is 4.98 Å². The van der Waals surface area contributed by atoms with Gasteiger partial charge in [-0.3, -0.25) is 9.59 Å². The van der Waals surface area contributed by atoms with Gasteiger partial charge in [-0.15, -0.1) is 0 Å². The zero-order valence-corrected chi connectivity index (χ0v) is 11.3. The van der Waals surface area contributed by atoms with E-state index in [4.69, 9.17) is 0 Å². The average Bonchev–Trinajstić information content (AvgIpc) is 2.83. The minimum absolute atomic E-state index is 0.0196. The van der Waals surface area contributed by atoms with Gasteiger partial charge < -0.3 is 15.1 Å². The molecular weight excluding hydrogens is 260 g/mol. The van der Waals surface area contributed by atoms with Crippen LogP contribution in [0.1, 0.15) is 30.3 Å². The molecule has 1 aliphatic rings. The zero-order valence-electron chi connectivity index (χ0n) is 11.3. The van der Waals surface area contributed by atoms with Crippen molar-refractivity contribution in [1.29, 1.82) is 0 Å². The second kappa shape index (κ2) is 5.90. The maximum atomic E-state index is 12.3. The molecule has 0 unspecified atom stereocenters. The monoisotopic (exact) mass is 278 g/mol.